The Morgan fingerprint density at radius 2 is 1.60 bits per heavy atom. The van der Waals surface area contributed by atoms with Crippen LogP contribution in [0.4, 0.5) is 0 Å². The quantitative estimate of drug-likeness (QED) is 0.689. The van der Waals surface area contributed by atoms with Crippen molar-refractivity contribution in [3.05, 3.63) is 76.4 Å². The van der Waals surface area contributed by atoms with Gasteiger partial charge in [-0.1, -0.05) is 67.9 Å². The van der Waals surface area contributed by atoms with Crippen LogP contribution in [0.1, 0.15) is 40.9 Å². The van der Waals surface area contributed by atoms with E-state index in [2.05, 4.69) is 51.1 Å². The number of rotatable bonds is 1. The number of hydrogen-bond donors (Lipinski definition) is 0. The van der Waals surface area contributed by atoms with E-state index in [0.717, 1.165) is 22.3 Å². The van der Waals surface area contributed by atoms with E-state index in [1.807, 2.05) is 24.3 Å². The summed E-state index contributed by atoms with van der Waals surface area (Å²) in [6.07, 6.45) is 2.03. The molecule has 20 heavy (non-hydrogen) atoms. The first-order valence-electron chi connectivity index (χ1n) is 6.93. The summed E-state index contributed by atoms with van der Waals surface area (Å²) in [6, 6.07) is 16.2. The Morgan fingerprint density at radius 1 is 0.950 bits per heavy atom. The molecular weight excluding hydrogens is 244 g/mol. The second-order valence-electron chi connectivity index (χ2n) is 5.97. The van der Waals surface area contributed by atoms with Crippen LogP contribution in [-0.4, -0.2) is 5.78 Å². The number of fused-ring (bicyclic) bond motifs is 1. The topological polar surface area (TPSA) is 17.1 Å². The summed E-state index contributed by atoms with van der Waals surface area (Å²) in [5.41, 5.74) is 4.94. The summed E-state index contributed by atoms with van der Waals surface area (Å²) < 4.78 is 0. The highest BCUT2D eigenvalue weighted by Gasteiger charge is 2.40. The monoisotopic (exact) mass is 262 g/mol. The zero-order valence-corrected chi connectivity index (χ0v) is 12.1. The Hall–Kier alpha value is -2.15. The average Bonchev–Trinajstić information content (AvgIpc) is 2.63. The zero-order chi connectivity index (χ0) is 14.3. The van der Waals surface area contributed by atoms with Gasteiger partial charge >= 0.3 is 0 Å². The van der Waals surface area contributed by atoms with Gasteiger partial charge in [0.25, 0.3) is 0 Å². The lowest BCUT2D eigenvalue weighted by molar-refractivity contribution is 0.103. The van der Waals surface area contributed by atoms with E-state index in [-0.39, 0.29) is 11.2 Å². The third-order valence-corrected chi connectivity index (χ3v) is 4.15. The molecule has 0 atom stereocenters. The molecular formula is C19H18O. The van der Waals surface area contributed by atoms with Gasteiger partial charge in [0, 0.05) is 16.6 Å². The first-order valence-corrected chi connectivity index (χ1v) is 6.93. The molecule has 2 aromatic rings. The fourth-order valence-electron chi connectivity index (χ4n) is 2.88. The van der Waals surface area contributed by atoms with Crippen LogP contribution >= 0.6 is 0 Å². The lowest BCUT2D eigenvalue weighted by atomic mass is 9.82. The van der Waals surface area contributed by atoms with Crippen LogP contribution in [0.3, 0.4) is 0 Å². The molecule has 3 rings (SSSR count). The van der Waals surface area contributed by atoms with E-state index in [9.17, 15) is 4.79 Å². The maximum absolute atomic E-state index is 12.6. The van der Waals surface area contributed by atoms with Crippen LogP contribution in [0.5, 0.6) is 0 Å². The van der Waals surface area contributed by atoms with E-state index in [4.69, 9.17) is 0 Å². The van der Waals surface area contributed by atoms with E-state index in [0.29, 0.717) is 0 Å². The Morgan fingerprint density at radius 3 is 2.25 bits per heavy atom. The third-order valence-electron chi connectivity index (χ3n) is 4.15. The standard InChI is InChI=1S/C19H18O/c1-13-8-10-14(11-9-13)12-17-18(20)15-6-4-5-7-16(15)19(17,2)3/h4-12H,1-3H3/b17-12-. The summed E-state index contributed by atoms with van der Waals surface area (Å²) in [4.78, 5) is 12.6. The van der Waals surface area contributed by atoms with Gasteiger partial charge in [-0.3, -0.25) is 4.79 Å². The fourth-order valence-corrected chi connectivity index (χ4v) is 2.88. The number of allylic oxidation sites excluding steroid dienone is 1. The molecule has 0 bridgehead atoms. The molecule has 0 amide bonds. The molecule has 1 nitrogen and oxygen atoms in total. The first-order chi connectivity index (χ1) is 9.50. The van der Waals surface area contributed by atoms with Crippen molar-refractivity contribution in [2.45, 2.75) is 26.2 Å². The van der Waals surface area contributed by atoms with Gasteiger partial charge in [-0.25, -0.2) is 0 Å². The first kappa shape index (κ1) is 12.9. The highest BCUT2D eigenvalue weighted by atomic mass is 16.1. The van der Waals surface area contributed by atoms with Crippen LogP contribution in [0.15, 0.2) is 54.1 Å². The van der Waals surface area contributed by atoms with Crippen LogP contribution in [-0.2, 0) is 5.41 Å². The molecule has 0 radical (unpaired) electrons. The molecule has 0 spiro atoms. The molecule has 0 heterocycles. The van der Waals surface area contributed by atoms with Crippen molar-refractivity contribution in [2.24, 2.45) is 0 Å². The number of aryl methyl sites for hydroxylation is 1. The zero-order valence-electron chi connectivity index (χ0n) is 12.1. The molecule has 0 aromatic heterocycles. The minimum absolute atomic E-state index is 0.158. The van der Waals surface area contributed by atoms with Gasteiger partial charge in [0.2, 0.25) is 0 Å². The maximum atomic E-state index is 12.6. The van der Waals surface area contributed by atoms with Crippen LogP contribution < -0.4 is 0 Å². The van der Waals surface area contributed by atoms with Crippen molar-refractivity contribution in [1.82, 2.24) is 0 Å². The fraction of sp³-hybridized carbons (Fsp3) is 0.211. The summed E-state index contributed by atoms with van der Waals surface area (Å²) in [6.45, 7) is 6.31. The van der Waals surface area contributed by atoms with Crippen molar-refractivity contribution in [1.29, 1.82) is 0 Å². The number of Topliss-reactive ketones (excluding diaryl/α,β-unsaturated/α-hetero) is 1. The summed E-state index contributed by atoms with van der Waals surface area (Å²) in [5, 5.41) is 0. The molecule has 2 aromatic carbocycles. The molecule has 0 unspecified atom stereocenters. The number of carbonyl (C=O) groups is 1. The van der Waals surface area contributed by atoms with Crippen LogP contribution in [0, 0.1) is 6.92 Å². The molecule has 1 aliphatic rings. The molecule has 0 saturated heterocycles. The largest absolute Gasteiger partial charge is 0.289 e. The van der Waals surface area contributed by atoms with Crippen molar-refractivity contribution in [3.8, 4) is 0 Å². The molecule has 100 valence electrons. The highest BCUT2D eigenvalue weighted by molar-refractivity contribution is 6.17. The second-order valence-corrected chi connectivity index (χ2v) is 5.97. The van der Waals surface area contributed by atoms with E-state index >= 15 is 0 Å². The Labute approximate surface area is 120 Å². The average molecular weight is 262 g/mol. The number of ketones is 1. The van der Waals surface area contributed by atoms with E-state index < -0.39 is 0 Å². The van der Waals surface area contributed by atoms with Crippen molar-refractivity contribution in [3.63, 3.8) is 0 Å². The molecule has 0 fully saturated rings. The number of benzene rings is 2. The minimum atomic E-state index is -0.224. The maximum Gasteiger partial charge on any atom is 0.190 e. The smallest absolute Gasteiger partial charge is 0.190 e. The van der Waals surface area contributed by atoms with Gasteiger partial charge in [0.1, 0.15) is 0 Å². The van der Waals surface area contributed by atoms with Crippen LogP contribution in [0.2, 0.25) is 0 Å². The Bertz CT molecular complexity index is 703. The molecule has 0 N–H and O–H groups in total. The molecule has 0 saturated carbocycles. The predicted octanol–water partition coefficient (Wildman–Crippen LogP) is 4.55. The number of carbonyl (C=O) groups excluding carboxylic acids is 1. The SMILES string of the molecule is Cc1ccc(/C=C2/C(=O)c3ccccc3C2(C)C)cc1. The van der Waals surface area contributed by atoms with Crippen molar-refractivity contribution < 1.29 is 4.79 Å². The van der Waals surface area contributed by atoms with Crippen LogP contribution in [0.25, 0.3) is 6.08 Å². The third kappa shape index (κ3) is 1.90. The predicted molar refractivity (Wildman–Crippen MR) is 83.0 cm³/mol. The van der Waals surface area contributed by atoms with E-state index in [1.165, 1.54) is 5.56 Å². The molecule has 1 heteroatoms. The van der Waals surface area contributed by atoms with Gasteiger partial charge in [0.15, 0.2) is 5.78 Å². The van der Waals surface area contributed by atoms with Gasteiger partial charge in [-0.15, -0.1) is 0 Å². The van der Waals surface area contributed by atoms with Crippen molar-refractivity contribution >= 4 is 11.9 Å². The summed E-state index contributed by atoms with van der Waals surface area (Å²) >= 11 is 0. The van der Waals surface area contributed by atoms with Gasteiger partial charge in [-0.2, -0.15) is 0 Å². The van der Waals surface area contributed by atoms with E-state index in [1.54, 1.807) is 0 Å². The van der Waals surface area contributed by atoms with Gasteiger partial charge < -0.3 is 0 Å². The second kappa shape index (κ2) is 4.45. The molecule has 0 aliphatic heterocycles. The normalized spacial score (nSPS) is 18.4. The summed E-state index contributed by atoms with van der Waals surface area (Å²) in [7, 11) is 0. The Balaban J connectivity index is 2.12. The highest BCUT2D eigenvalue weighted by Crippen LogP contribution is 2.43. The minimum Gasteiger partial charge on any atom is -0.289 e. The number of hydrogen-bond acceptors (Lipinski definition) is 1. The van der Waals surface area contributed by atoms with Crippen molar-refractivity contribution in [2.75, 3.05) is 0 Å². The lowest BCUT2D eigenvalue weighted by Crippen LogP contribution is -2.16. The van der Waals surface area contributed by atoms with Gasteiger partial charge in [0.05, 0.1) is 0 Å². The molecule has 1 aliphatic carbocycles. The Kier molecular flexibility index (Phi) is 2.86. The lowest BCUT2D eigenvalue weighted by Gasteiger charge is -2.20. The van der Waals surface area contributed by atoms with Gasteiger partial charge in [-0.05, 0) is 24.1 Å². The summed E-state index contributed by atoms with van der Waals surface area (Å²) in [5.74, 6) is 0.158.